The van der Waals surface area contributed by atoms with E-state index in [0.717, 1.165) is 11.6 Å². The monoisotopic (exact) mass is 313 g/mol. The van der Waals surface area contributed by atoms with E-state index in [1.165, 1.54) is 0 Å². The molecule has 0 saturated carbocycles. The number of fused-ring (bicyclic) bond motifs is 1. The third-order valence-corrected chi connectivity index (χ3v) is 3.64. The highest BCUT2D eigenvalue weighted by Gasteiger charge is 2.09. The summed E-state index contributed by atoms with van der Waals surface area (Å²) in [5.74, 6) is -0.300. The summed E-state index contributed by atoms with van der Waals surface area (Å²) < 4.78 is 22.0. The fraction of sp³-hybridized carbons (Fsp3) is 0.250. The molecule has 6 nitrogen and oxygen atoms in total. The van der Waals surface area contributed by atoms with Crippen LogP contribution in [0, 0.1) is 0 Å². The van der Waals surface area contributed by atoms with Crippen molar-refractivity contribution >= 4 is 44.2 Å². The molecule has 0 radical (unpaired) electrons. The standard InChI is InChI=1S/C12H12ClN3O3S/c1-20(18,19)7-6-11(17)15-10-5-3-8-2-4-9(13)14-12(8)16-10/h2-5H,6-7H2,1H3,(H,14,15,16,17). The molecular formula is C12H12ClN3O3S. The lowest BCUT2D eigenvalue weighted by Crippen LogP contribution is -2.17. The van der Waals surface area contributed by atoms with Crippen LogP contribution in [0.25, 0.3) is 11.0 Å². The van der Waals surface area contributed by atoms with Crippen molar-refractivity contribution in [3.63, 3.8) is 0 Å². The van der Waals surface area contributed by atoms with E-state index in [-0.39, 0.29) is 12.2 Å². The van der Waals surface area contributed by atoms with E-state index in [0.29, 0.717) is 16.6 Å². The van der Waals surface area contributed by atoms with Gasteiger partial charge in [-0.25, -0.2) is 18.4 Å². The van der Waals surface area contributed by atoms with Crippen LogP contribution in [0.3, 0.4) is 0 Å². The molecule has 2 heterocycles. The Morgan fingerprint density at radius 1 is 1.25 bits per heavy atom. The molecular weight excluding hydrogens is 302 g/mol. The Morgan fingerprint density at radius 3 is 2.65 bits per heavy atom. The lowest BCUT2D eigenvalue weighted by molar-refractivity contribution is -0.115. The van der Waals surface area contributed by atoms with E-state index < -0.39 is 15.7 Å². The number of hydrogen-bond donors (Lipinski definition) is 1. The smallest absolute Gasteiger partial charge is 0.226 e. The zero-order valence-corrected chi connectivity index (χ0v) is 12.2. The average molecular weight is 314 g/mol. The molecule has 106 valence electrons. The zero-order valence-electron chi connectivity index (χ0n) is 10.6. The molecule has 2 rings (SSSR count). The Bertz CT molecular complexity index is 762. The Balaban J connectivity index is 2.11. The molecule has 0 aliphatic carbocycles. The van der Waals surface area contributed by atoms with Crippen LogP contribution in [0.15, 0.2) is 24.3 Å². The number of halogens is 1. The molecule has 2 aromatic rings. The van der Waals surface area contributed by atoms with Gasteiger partial charge < -0.3 is 5.32 Å². The van der Waals surface area contributed by atoms with E-state index in [1.807, 2.05) is 0 Å². The number of carbonyl (C=O) groups excluding carboxylic acids is 1. The summed E-state index contributed by atoms with van der Waals surface area (Å²) in [5, 5.41) is 3.63. The highest BCUT2D eigenvalue weighted by atomic mass is 35.5. The van der Waals surface area contributed by atoms with Crippen LogP contribution >= 0.6 is 11.6 Å². The second-order valence-corrected chi connectivity index (χ2v) is 6.95. The SMILES string of the molecule is CS(=O)(=O)CCC(=O)Nc1ccc2ccc(Cl)nc2n1. The third-order valence-electron chi connectivity index (χ3n) is 2.49. The number of hydrogen-bond acceptors (Lipinski definition) is 5. The van der Waals surface area contributed by atoms with Gasteiger partial charge >= 0.3 is 0 Å². The molecule has 0 aliphatic heterocycles. The number of sulfone groups is 1. The number of amides is 1. The molecule has 0 atom stereocenters. The van der Waals surface area contributed by atoms with Crippen molar-refractivity contribution in [3.8, 4) is 0 Å². The lowest BCUT2D eigenvalue weighted by atomic mass is 10.3. The van der Waals surface area contributed by atoms with Crippen LogP contribution in [0.4, 0.5) is 5.82 Å². The highest BCUT2D eigenvalue weighted by Crippen LogP contribution is 2.16. The first-order valence-electron chi connectivity index (χ1n) is 5.74. The van der Waals surface area contributed by atoms with Crippen molar-refractivity contribution in [2.75, 3.05) is 17.3 Å². The topological polar surface area (TPSA) is 89.0 Å². The minimum atomic E-state index is -3.16. The number of rotatable bonds is 4. The van der Waals surface area contributed by atoms with Crippen LogP contribution in [0.2, 0.25) is 5.15 Å². The maximum Gasteiger partial charge on any atom is 0.226 e. The first kappa shape index (κ1) is 14.7. The Labute approximate surface area is 121 Å². The van der Waals surface area contributed by atoms with Gasteiger partial charge in [0.05, 0.1) is 5.75 Å². The van der Waals surface area contributed by atoms with Crippen molar-refractivity contribution in [3.05, 3.63) is 29.4 Å². The highest BCUT2D eigenvalue weighted by molar-refractivity contribution is 7.90. The molecule has 0 fully saturated rings. The van der Waals surface area contributed by atoms with E-state index in [4.69, 9.17) is 11.6 Å². The van der Waals surface area contributed by atoms with Gasteiger partial charge in [0, 0.05) is 18.1 Å². The number of nitrogens with one attached hydrogen (secondary N) is 1. The Kier molecular flexibility index (Phi) is 4.20. The van der Waals surface area contributed by atoms with E-state index in [1.54, 1.807) is 24.3 Å². The maximum atomic E-state index is 11.6. The van der Waals surface area contributed by atoms with Crippen LogP contribution in [0.5, 0.6) is 0 Å². The van der Waals surface area contributed by atoms with Gasteiger partial charge in [0.25, 0.3) is 0 Å². The molecule has 1 N–H and O–H groups in total. The predicted octanol–water partition coefficient (Wildman–Crippen LogP) is 1.66. The average Bonchev–Trinajstić information content (AvgIpc) is 2.35. The van der Waals surface area contributed by atoms with Gasteiger partial charge in [0.1, 0.15) is 20.8 Å². The summed E-state index contributed by atoms with van der Waals surface area (Å²) in [6.07, 6.45) is 0.974. The van der Waals surface area contributed by atoms with Gasteiger partial charge in [-0.3, -0.25) is 4.79 Å². The van der Waals surface area contributed by atoms with Crippen LogP contribution in [-0.2, 0) is 14.6 Å². The molecule has 20 heavy (non-hydrogen) atoms. The first-order chi connectivity index (χ1) is 9.33. The largest absolute Gasteiger partial charge is 0.311 e. The van der Waals surface area contributed by atoms with Gasteiger partial charge in [-0.15, -0.1) is 0 Å². The van der Waals surface area contributed by atoms with E-state index in [2.05, 4.69) is 15.3 Å². The summed E-state index contributed by atoms with van der Waals surface area (Å²) in [6, 6.07) is 6.79. The summed E-state index contributed by atoms with van der Waals surface area (Å²) in [7, 11) is -3.16. The molecule has 0 unspecified atom stereocenters. The molecule has 1 amide bonds. The molecule has 0 aliphatic rings. The van der Waals surface area contributed by atoms with Crippen molar-refractivity contribution in [2.24, 2.45) is 0 Å². The molecule has 0 bridgehead atoms. The number of carbonyl (C=O) groups is 1. The second-order valence-electron chi connectivity index (χ2n) is 4.31. The molecule has 0 spiro atoms. The van der Waals surface area contributed by atoms with Gasteiger partial charge in [0.2, 0.25) is 5.91 Å². The number of anilines is 1. The number of pyridine rings is 2. The molecule has 0 saturated heterocycles. The molecule has 8 heteroatoms. The van der Waals surface area contributed by atoms with Crippen LogP contribution in [-0.4, -0.2) is 36.3 Å². The van der Waals surface area contributed by atoms with Crippen molar-refractivity contribution in [1.29, 1.82) is 0 Å². The normalized spacial score (nSPS) is 11.5. The van der Waals surface area contributed by atoms with Gasteiger partial charge in [-0.05, 0) is 24.3 Å². The third kappa shape index (κ3) is 4.14. The predicted molar refractivity (Wildman–Crippen MR) is 77.5 cm³/mol. The van der Waals surface area contributed by atoms with Crippen LogP contribution in [0.1, 0.15) is 6.42 Å². The first-order valence-corrected chi connectivity index (χ1v) is 8.18. The fourth-order valence-corrected chi connectivity index (χ4v) is 2.23. The van der Waals surface area contributed by atoms with Crippen LogP contribution < -0.4 is 5.32 Å². The number of aromatic nitrogens is 2. The summed E-state index contributed by atoms with van der Waals surface area (Å²) in [5.41, 5.74) is 0.415. The van der Waals surface area contributed by atoms with E-state index >= 15 is 0 Å². The van der Waals surface area contributed by atoms with Crippen molar-refractivity contribution in [2.45, 2.75) is 6.42 Å². The van der Waals surface area contributed by atoms with Gasteiger partial charge in [-0.2, -0.15) is 0 Å². The van der Waals surface area contributed by atoms with Crippen molar-refractivity contribution in [1.82, 2.24) is 9.97 Å². The summed E-state index contributed by atoms with van der Waals surface area (Å²) in [6.45, 7) is 0. The minimum absolute atomic E-state index is 0.110. The molecule has 0 aromatic carbocycles. The zero-order chi connectivity index (χ0) is 14.8. The minimum Gasteiger partial charge on any atom is -0.311 e. The molecule has 2 aromatic heterocycles. The van der Waals surface area contributed by atoms with E-state index in [9.17, 15) is 13.2 Å². The second kappa shape index (κ2) is 5.72. The fourth-order valence-electron chi connectivity index (χ4n) is 1.53. The maximum absolute atomic E-state index is 11.6. The lowest BCUT2D eigenvalue weighted by Gasteiger charge is -2.05. The van der Waals surface area contributed by atoms with Crippen molar-refractivity contribution < 1.29 is 13.2 Å². The number of nitrogens with zero attached hydrogens (tertiary/aromatic N) is 2. The van der Waals surface area contributed by atoms with Gasteiger partial charge in [-0.1, -0.05) is 11.6 Å². The summed E-state index contributed by atoms with van der Waals surface area (Å²) >= 11 is 5.77. The Morgan fingerprint density at radius 2 is 1.95 bits per heavy atom. The van der Waals surface area contributed by atoms with Gasteiger partial charge in [0.15, 0.2) is 5.65 Å². The Hall–Kier alpha value is -1.73. The summed E-state index contributed by atoms with van der Waals surface area (Å²) in [4.78, 5) is 19.8. The quantitative estimate of drug-likeness (QED) is 0.867.